The van der Waals surface area contributed by atoms with E-state index in [1.165, 1.54) is 148 Å². The summed E-state index contributed by atoms with van der Waals surface area (Å²) in [4.78, 5) is 38.4. The molecule has 0 bridgehead atoms. The van der Waals surface area contributed by atoms with Gasteiger partial charge in [0, 0.05) is 19.3 Å². The second kappa shape index (κ2) is 65.6. The molecule has 0 spiro atoms. The summed E-state index contributed by atoms with van der Waals surface area (Å²) in [6.07, 6.45) is 89.4. The quantitative estimate of drug-likeness (QED) is 0.0261. The lowest BCUT2D eigenvalue weighted by atomic mass is 10.0. The molecule has 0 radical (unpaired) electrons. The summed E-state index contributed by atoms with van der Waals surface area (Å²) in [6, 6.07) is 0. The average molecular weight is 1080 g/mol. The zero-order valence-electron chi connectivity index (χ0n) is 51.2. The molecule has 0 aliphatic rings. The van der Waals surface area contributed by atoms with Gasteiger partial charge in [0.05, 0.1) is 0 Å². The molecule has 446 valence electrons. The second-order valence-electron chi connectivity index (χ2n) is 21.6. The summed E-state index contributed by atoms with van der Waals surface area (Å²) in [5, 5.41) is 0. The predicted molar refractivity (Wildman–Crippen MR) is 339 cm³/mol. The Bertz CT molecular complexity index is 1570. The van der Waals surface area contributed by atoms with E-state index in [1.807, 2.05) is 0 Å². The van der Waals surface area contributed by atoms with Crippen molar-refractivity contribution >= 4 is 17.9 Å². The van der Waals surface area contributed by atoms with Crippen LogP contribution in [0, 0.1) is 0 Å². The Balaban J connectivity index is 4.45. The first-order valence-corrected chi connectivity index (χ1v) is 32.9. The fraction of sp³-hybridized carbons (Fsp3) is 0.708. The van der Waals surface area contributed by atoms with E-state index in [0.717, 1.165) is 122 Å². The number of allylic oxidation sites excluding steroid dienone is 18. The Hall–Kier alpha value is -3.93. The fourth-order valence-corrected chi connectivity index (χ4v) is 9.10. The molecule has 0 aliphatic heterocycles. The first-order valence-electron chi connectivity index (χ1n) is 32.9. The van der Waals surface area contributed by atoms with Crippen LogP contribution in [0.1, 0.15) is 310 Å². The van der Waals surface area contributed by atoms with E-state index in [-0.39, 0.29) is 31.1 Å². The summed E-state index contributed by atoms with van der Waals surface area (Å²) in [5.74, 6) is -0.922. The van der Waals surface area contributed by atoms with Crippen LogP contribution in [0.15, 0.2) is 109 Å². The molecule has 78 heavy (non-hydrogen) atoms. The predicted octanol–water partition coefficient (Wildman–Crippen LogP) is 22.6. The Morgan fingerprint density at radius 1 is 0.269 bits per heavy atom. The zero-order valence-corrected chi connectivity index (χ0v) is 51.2. The van der Waals surface area contributed by atoms with Gasteiger partial charge in [-0.05, 0) is 109 Å². The van der Waals surface area contributed by atoms with Gasteiger partial charge < -0.3 is 14.2 Å². The van der Waals surface area contributed by atoms with E-state index >= 15 is 0 Å². The smallest absolute Gasteiger partial charge is 0.306 e. The minimum absolute atomic E-state index is 0.0905. The molecule has 0 saturated carbocycles. The van der Waals surface area contributed by atoms with Crippen molar-refractivity contribution in [3.8, 4) is 0 Å². The van der Waals surface area contributed by atoms with Crippen LogP contribution in [0.5, 0.6) is 0 Å². The number of unbranched alkanes of at least 4 members (excludes halogenated alkanes) is 30. The third kappa shape index (κ3) is 62.9. The average Bonchev–Trinajstić information content (AvgIpc) is 3.44. The first-order chi connectivity index (χ1) is 38.5. The number of hydrogen-bond donors (Lipinski definition) is 0. The van der Waals surface area contributed by atoms with Gasteiger partial charge in [-0.25, -0.2) is 0 Å². The number of rotatable bonds is 59. The van der Waals surface area contributed by atoms with Crippen molar-refractivity contribution in [3.63, 3.8) is 0 Å². The van der Waals surface area contributed by atoms with Crippen LogP contribution < -0.4 is 0 Å². The molecule has 0 heterocycles. The fourth-order valence-electron chi connectivity index (χ4n) is 9.10. The van der Waals surface area contributed by atoms with Crippen LogP contribution in [-0.4, -0.2) is 37.2 Å². The molecule has 1 atom stereocenters. The molecule has 0 N–H and O–H groups in total. The molecular formula is C72H122O6. The Labute approximate surface area is 482 Å². The van der Waals surface area contributed by atoms with E-state index in [4.69, 9.17) is 14.2 Å². The monoisotopic (exact) mass is 1080 g/mol. The van der Waals surface area contributed by atoms with Crippen molar-refractivity contribution in [3.05, 3.63) is 109 Å². The number of carbonyl (C=O) groups excluding carboxylic acids is 3. The maximum atomic E-state index is 12.9. The highest BCUT2D eigenvalue weighted by molar-refractivity contribution is 5.71. The van der Waals surface area contributed by atoms with E-state index in [0.29, 0.717) is 19.3 Å². The highest BCUT2D eigenvalue weighted by atomic mass is 16.6. The molecule has 0 rings (SSSR count). The van der Waals surface area contributed by atoms with Crippen LogP contribution in [0.25, 0.3) is 0 Å². The standard InChI is InChI=1S/C72H122O6/c1-4-7-10-13-16-19-22-25-28-31-33-34-35-36-37-38-39-42-44-47-50-53-56-59-62-65-71(74)77-68-69(67-76-70(73)64-61-58-55-52-49-46-43-40-30-27-24-21-18-15-12-9-6-3)78-72(75)66-63-60-57-54-51-48-45-41-32-29-26-23-20-17-14-11-8-5-2/h7,10,16,19-20,23,25,28-29,32-34,36-37,39,42,47,50,69H,4-6,8-9,11-15,17-18,21-22,24,26-27,30-31,35,38,40-41,43-46,48-49,51-68H2,1-3H3/b10-7-,19-16-,23-20-,28-25-,32-29-,34-33-,37-36-,42-39-,50-47-. The summed E-state index contributed by atoms with van der Waals surface area (Å²) in [6.45, 7) is 6.51. The maximum Gasteiger partial charge on any atom is 0.306 e. The van der Waals surface area contributed by atoms with Crippen LogP contribution in [0.4, 0.5) is 0 Å². The molecular weight excluding hydrogens is 961 g/mol. The normalized spacial score (nSPS) is 12.8. The Morgan fingerprint density at radius 3 is 0.808 bits per heavy atom. The van der Waals surface area contributed by atoms with E-state index in [2.05, 4.69) is 130 Å². The first kappa shape index (κ1) is 74.1. The largest absolute Gasteiger partial charge is 0.462 e. The lowest BCUT2D eigenvalue weighted by Gasteiger charge is -2.18. The molecule has 6 heteroatoms. The number of carbonyl (C=O) groups is 3. The SMILES string of the molecule is CC/C=C\C/C=C\C/C=C\C/C=C\C/C=C\C/C=C\C/C=C\CCCCCC(=O)OCC(COC(=O)CCCCCCCCCCCCCCCCCCC)OC(=O)CCCCCCCCC/C=C\C/C=C\CCCCCC. The van der Waals surface area contributed by atoms with E-state index in [1.54, 1.807) is 0 Å². The molecule has 0 amide bonds. The van der Waals surface area contributed by atoms with Gasteiger partial charge in [0.1, 0.15) is 13.2 Å². The van der Waals surface area contributed by atoms with Crippen molar-refractivity contribution in [2.45, 2.75) is 316 Å². The van der Waals surface area contributed by atoms with Gasteiger partial charge in [0.2, 0.25) is 0 Å². The second-order valence-corrected chi connectivity index (χ2v) is 21.6. The summed E-state index contributed by atoms with van der Waals surface area (Å²) in [7, 11) is 0. The van der Waals surface area contributed by atoms with Crippen LogP contribution in [0.3, 0.4) is 0 Å². The molecule has 1 unspecified atom stereocenters. The van der Waals surface area contributed by atoms with Crippen molar-refractivity contribution < 1.29 is 28.6 Å². The van der Waals surface area contributed by atoms with Gasteiger partial charge in [-0.3, -0.25) is 14.4 Å². The van der Waals surface area contributed by atoms with Crippen molar-refractivity contribution in [1.82, 2.24) is 0 Å². The Kier molecular flexibility index (Phi) is 62.3. The molecule has 0 aromatic carbocycles. The van der Waals surface area contributed by atoms with Gasteiger partial charge in [-0.2, -0.15) is 0 Å². The van der Waals surface area contributed by atoms with Gasteiger partial charge in [-0.15, -0.1) is 0 Å². The summed E-state index contributed by atoms with van der Waals surface area (Å²) >= 11 is 0. The van der Waals surface area contributed by atoms with Crippen LogP contribution >= 0.6 is 0 Å². The molecule has 0 aromatic heterocycles. The molecule has 0 fully saturated rings. The number of esters is 3. The zero-order chi connectivity index (χ0) is 56.4. The van der Waals surface area contributed by atoms with Crippen molar-refractivity contribution in [2.75, 3.05) is 13.2 Å². The summed E-state index contributed by atoms with van der Waals surface area (Å²) < 4.78 is 16.9. The minimum atomic E-state index is -0.798. The topological polar surface area (TPSA) is 78.9 Å². The lowest BCUT2D eigenvalue weighted by molar-refractivity contribution is -0.167. The van der Waals surface area contributed by atoms with Crippen LogP contribution in [0.2, 0.25) is 0 Å². The van der Waals surface area contributed by atoms with Gasteiger partial charge in [-0.1, -0.05) is 291 Å². The Morgan fingerprint density at radius 2 is 0.500 bits per heavy atom. The van der Waals surface area contributed by atoms with Gasteiger partial charge in [0.15, 0.2) is 6.10 Å². The minimum Gasteiger partial charge on any atom is -0.462 e. The number of ether oxygens (including phenoxy) is 3. The third-order valence-electron chi connectivity index (χ3n) is 14.0. The highest BCUT2D eigenvalue weighted by Gasteiger charge is 2.19. The van der Waals surface area contributed by atoms with Gasteiger partial charge >= 0.3 is 17.9 Å². The van der Waals surface area contributed by atoms with Crippen molar-refractivity contribution in [2.24, 2.45) is 0 Å². The summed E-state index contributed by atoms with van der Waals surface area (Å²) in [5.41, 5.74) is 0. The van der Waals surface area contributed by atoms with E-state index < -0.39 is 6.10 Å². The van der Waals surface area contributed by atoms with Gasteiger partial charge in [0.25, 0.3) is 0 Å². The third-order valence-corrected chi connectivity index (χ3v) is 14.0. The van der Waals surface area contributed by atoms with E-state index in [9.17, 15) is 14.4 Å². The van der Waals surface area contributed by atoms with Crippen LogP contribution in [-0.2, 0) is 28.6 Å². The molecule has 0 aromatic rings. The lowest BCUT2D eigenvalue weighted by Crippen LogP contribution is -2.30. The number of hydrogen-bond acceptors (Lipinski definition) is 6. The highest BCUT2D eigenvalue weighted by Crippen LogP contribution is 2.16. The molecule has 0 saturated heterocycles. The van der Waals surface area contributed by atoms with Crippen molar-refractivity contribution in [1.29, 1.82) is 0 Å². The molecule has 0 aliphatic carbocycles. The molecule has 6 nitrogen and oxygen atoms in total. The maximum absolute atomic E-state index is 12.9.